The van der Waals surface area contributed by atoms with Gasteiger partial charge < -0.3 is 19.5 Å². The molecule has 53 heavy (non-hydrogen) atoms. The Kier molecular flexibility index (Phi) is 11.3. The van der Waals surface area contributed by atoms with Gasteiger partial charge in [0.25, 0.3) is 0 Å². The fourth-order valence-electron chi connectivity index (χ4n) is 6.65. The van der Waals surface area contributed by atoms with Crippen molar-refractivity contribution in [2.45, 2.75) is 89.6 Å². The van der Waals surface area contributed by atoms with E-state index in [4.69, 9.17) is 25.8 Å². The highest BCUT2D eigenvalue weighted by Gasteiger charge is 2.61. The molecule has 2 fully saturated rings. The number of piperidine rings is 1. The second-order valence-electron chi connectivity index (χ2n) is 14.4. The predicted octanol–water partition coefficient (Wildman–Crippen LogP) is 7.22. The van der Waals surface area contributed by atoms with Crippen LogP contribution < -0.4 is 5.32 Å². The summed E-state index contributed by atoms with van der Waals surface area (Å²) in [6.07, 6.45) is -8.39. The molecule has 288 valence electrons. The van der Waals surface area contributed by atoms with Crippen LogP contribution in [0.25, 0.3) is 5.65 Å². The molecule has 1 aliphatic heterocycles. The lowest BCUT2D eigenvalue weighted by Crippen LogP contribution is -2.61. The highest BCUT2D eigenvalue weighted by molar-refractivity contribution is 6.31. The molecule has 1 aromatic carbocycles. The molecule has 1 saturated carbocycles. The van der Waals surface area contributed by atoms with Gasteiger partial charge in [-0.05, 0) is 51.5 Å². The third-order valence-electron chi connectivity index (χ3n) is 9.31. The van der Waals surface area contributed by atoms with Gasteiger partial charge in [-0.2, -0.15) is 18.3 Å². The Morgan fingerprint density at radius 3 is 2.36 bits per heavy atom. The van der Waals surface area contributed by atoms with E-state index in [1.165, 1.54) is 37.5 Å². The van der Waals surface area contributed by atoms with Crippen molar-refractivity contribution >= 4 is 41.3 Å². The number of alkyl halides is 5. The van der Waals surface area contributed by atoms with Gasteiger partial charge in [0, 0.05) is 31.9 Å². The van der Waals surface area contributed by atoms with Gasteiger partial charge in [0.1, 0.15) is 12.2 Å². The Labute approximate surface area is 306 Å². The maximum absolute atomic E-state index is 14.3. The Bertz CT molecular complexity index is 1840. The molecule has 1 N–H and O–H groups in total. The molecule has 18 heteroatoms. The molecule has 0 spiro atoms. The van der Waals surface area contributed by atoms with Crippen LogP contribution in [0.4, 0.5) is 31.5 Å². The first kappa shape index (κ1) is 39.7. The molecule has 3 aromatic rings. The minimum absolute atomic E-state index is 0.0439. The number of esters is 1. The van der Waals surface area contributed by atoms with Crippen LogP contribution in [0.15, 0.2) is 42.6 Å². The molecule has 2 aromatic heterocycles. The number of imidazole rings is 1. The van der Waals surface area contributed by atoms with Crippen molar-refractivity contribution in [2.24, 2.45) is 17.3 Å². The zero-order chi connectivity index (χ0) is 38.9. The third kappa shape index (κ3) is 9.16. The van der Waals surface area contributed by atoms with E-state index in [1.54, 1.807) is 30.3 Å². The van der Waals surface area contributed by atoms with E-state index in [1.807, 2.05) is 0 Å². The lowest BCUT2D eigenvalue weighted by molar-refractivity contribution is -0.204. The molecular formula is C35H39ClF5N5O7. The van der Waals surface area contributed by atoms with Crippen molar-refractivity contribution in [3.8, 4) is 0 Å². The van der Waals surface area contributed by atoms with E-state index in [0.29, 0.717) is 5.56 Å². The molecule has 0 radical (unpaired) electrons. The first-order chi connectivity index (χ1) is 24.7. The number of nitrogens with one attached hydrogen (secondary N) is 1. The summed E-state index contributed by atoms with van der Waals surface area (Å²) >= 11 is 6.57. The fourth-order valence-corrected chi connectivity index (χ4v) is 6.85. The second-order valence-corrected chi connectivity index (χ2v) is 14.8. The van der Waals surface area contributed by atoms with Crippen molar-refractivity contribution in [3.05, 3.63) is 64.6 Å². The van der Waals surface area contributed by atoms with Crippen LogP contribution >= 0.6 is 11.6 Å². The Morgan fingerprint density at radius 1 is 1.09 bits per heavy atom. The van der Waals surface area contributed by atoms with Gasteiger partial charge in [-0.25, -0.2) is 32.8 Å². The number of carbonyl (C=O) groups is 4. The standard InChI is InChI=1S/C35H39ClF5N5O7/c1-32(2,3)53-31(50)45-17-22(35(39,40)41)15-33(28(45)47,29(48)51-4)16-24-23(36)14-26-42-25(18-46(26)44-24)27(21-10-12-34(37,38)13-11-21)43-30(49)52-19-20-8-6-5-7-9-20/h5-9,14,18,21-22,27H,10-13,15-17,19H2,1-4H3,(H,43,49)/t22-,27-,33?/m0/s1. The smallest absolute Gasteiger partial charge is 0.417 e. The van der Waals surface area contributed by atoms with Gasteiger partial charge in [-0.3, -0.25) is 9.59 Å². The number of imide groups is 1. The highest BCUT2D eigenvalue weighted by Crippen LogP contribution is 2.46. The number of alkyl carbamates (subject to hydrolysis) is 1. The molecule has 1 saturated heterocycles. The zero-order valence-corrected chi connectivity index (χ0v) is 30.1. The van der Waals surface area contributed by atoms with Crippen LogP contribution in [0.1, 0.15) is 75.9 Å². The van der Waals surface area contributed by atoms with E-state index in [9.17, 15) is 41.1 Å². The molecule has 3 heterocycles. The van der Waals surface area contributed by atoms with Crippen LogP contribution in [0.5, 0.6) is 0 Å². The van der Waals surface area contributed by atoms with Crippen LogP contribution in [-0.2, 0) is 36.8 Å². The number of aromatic nitrogens is 3. The number of rotatable bonds is 8. The monoisotopic (exact) mass is 771 g/mol. The summed E-state index contributed by atoms with van der Waals surface area (Å²) in [5.41, 5.74) is -2.98. The van der Waals surface area contributed by atoms with Gasteiger partial charge in [0.05, 0.1) is 41.7 Å². The van der Waals surface area contributed by atoms with Gasteiger partial charge in [0.2, 0.25) is 11.8 Å². The summed E-state index contributed by atoms with van der Waals surface area (Å²) in [4.78, 5) is 58.1. The van der Waals surface area contributed by atoms with Crippen molar-refractivity contribution in [1.82, 2.24) is 24.8 Å². The predicted molar refractivity (Wildman–Crippen MR) is 178 cm³/mol. The molecule has 0 bridgehead atoms. The average molecular weight is 772 g/mol. The minimum Gasteiger partial charge on any atom is -0.468 e. The Balaban J connectivity index is 1.49. The van der Waals surface area contributed by atoms with Crippen molar-refractivity contribution in [3.63, 3.8) is 0 Å². The minimum atomic E-state index is -4.94. The van der Waals surface area contributed by atoms with Gasteiger partial charge in [0.15, 0.2) is 11.1 Å². The van der Waals surface area contributed by atoms with E-state index < -0.39 is 97.3 Å². The van der Waals surface area contributed by atoms with Gasteiger partial charge >= 0.3 is 24.3 Å². The SMILES string of the molecule is COC(=O)C1(Cc2nn3cc([C@@H](NC(=O)OCc4ccccc4)C4CCC(F)(F)CC4)nc3cc2Cl)C[C@H](C(F)(F)F)CN(C(=O)OC(C)(C)C)C1=O. The summed E-state index contributed by atoms with van der Waals surface area (Å²) < 4.78 is 87.8. The second kappa shape index (κ2) is 15.1. The van der Waals surface area contributed by atoms with E-state index >= 15 is 0 Å². The number of nitrogens with zero attached hydrogens (tertiary/aromatic N) is 4. The molecule has 1 unspecified atom stereocenters. The van der Waals surface area contributed by atoms with Crippen LogP contribution in [-0.4, -0.2) is 74.9 Å². The van der Waals surface area contributed by atoms with Crippen molar-refractivity contribution in [1.29, 1.82) is 0 Å². The Hall–Kier alpha value is -4.54. The lowest BCUT2D eigenvalue weighted by atomic mass is 9.71. The molecular weight excluding hydrogens is 733 g/mol. The summed E-state index contributed by atoms with van der Waals surface area (Å²) in [5.74, 6) is -8.31. The summed E-state index contributed by atoms with van der Waals surface area (Å²) in [5, 5.41) is 6.94. The summed E-state index contributed by atoms with van der Waals surface area (Å²) in [6.45, 7) is 3.24. The number of hydrogen-bond acceptors (Lipinski definition) is 9. The molecule has 12 nitrogen and oxygen atoms in total. The maximum Gasteiger partial charge on any atom is 0.417 e. The highest BCUT2D eigenvalue weighted by atomic mass is 35.5. The van der Waals surface area contributed by atoms with E-state index in [2.05, 4.69) is 15.4 Å². The van der Waals surface area contributed by atoms with E-state index in [-0.39, 0.29) is 46.4 Å². The van der Waals surface area contributed by atoms with Crippen LogP contribution in [0.2, 0.25) is 5.02 Å². The third-order valence-corrected chi connectivity index (χ3v) is 9.63. The average Bonchev–Trinajstić information content (AvgIpc) is 3.48. The largest absolute Gasteiger partial charge is 0.468 e. The number of likely N-dealkylation sites (tertiary alicyclic amines) is 1. The number of carbonyl (C=O) groups excluding carboxylic acids is 4. The van der Waals surface area contributed by atoms with E-state index in [0.717, 1.165) is 7.11 Å². The number of hydrogen-bond donors (Lipinski definition) is 1. The molecule has 3 amide bonds. The summed E-state index contributed by atoms with van der Waals surface area (Å²) in [6, 6.07) is 9.22. The summed E-state index contributed by atoms with van der Waals surface area (Å²) in [7, 11) is 0.895. The number of amides is 3. The number of ether oxygens (including phenoxy) is 3. The van der Waals surface area contributed by atoms with Crippen LogP contribution in [0.3, 0.4) is 0 Å². The molecule has 3 atom stereocenters. The fraction of sp³-hybridized carbons (Fsp3) is 0.543. The maximum atomic E-state index is 14.3. The Morgan fingerprint density at radius 2 is 1.75 bits per heavy atom. The quantitative estimate of drug-likeness (QED) is 0.109. The van der Waals surface area contributed by atoms with Gasteiger partial charge in [-0.15, -0.1) is 0 Å². The molecule has 2 aliphatic rings. The van der Waals surface area contributed by atoms with Crippen molar-refractivity contribution in [2.75, 3.05) is 13.7 Å². The van der Waals surface area contributed by atoms with Crippen molar-refractivity contribution < 1.29 is 55.3 Å². The normalized spacial score (nSPS) is 21.6. The molecule has 5 rings (SSSR count). The lowest BCUT2D eigenvalue weighted by Gasteiger charge is -2.42. The molecule has 1 aliphatic carbocycles. The van der Waals surface area contributed by atoms with Crippen LogP contribution in [0, 0.1) is 17.3 Å². The number of methoxy groups -OCH3 is 1. The van der Waals surface area contributed by atoms with Gasteiger partial charge in [-0.1, -0.05) is 41.9 Å². The zero-order valence-electron chi connectivity index (χ0n) is 29.3. The first-order valence-corrected chi connectivity index (χ1v) is 17.2. The number of benzene rings is 1. The number of halogens is 6. The first-order valence-electron chi connectivity index (χ1n) is 16.8. The topological polar surface area (TPSA) is 141 Å². The number of fused-ring (bicyclic) bond motifs is 1.